The van der Waals surface area contributed by atoms with Crippen molar-refractivity contribution < 1.29 is 0 Å². The fourth-order valence-electron chi connectivity index (χ4n) is 1.64. The molecular weight excluding hydrogens is 192 g/mol. The largest absolute Gasteiger partial charge is 0.123 e. The fourth-order valence-corrected chi connectivity index (χ4v) is 2.01. The van der Waals surface area contributed by atoms with Crippen LogP contribution in [0.1, 0.15) is 64.7 Å². The minimum Gasteiger partial charge on any atom is -0.123 e. The zero-order chi connectivity index (χ0) is 10.6. The van der Waals surface area contributed by atoms with E-state index in [0.29, 0.717) is 5.38 Å². The molecule has 0 aromatic carbocycles. The molecule has 0 saturated carbocycles. The molecule has 0 N–H and O–H groups in total. The lowest BCUT2D eigenvalue weighted by atomic mass is 10.1. The normalized spacial score (nSPS) is 12.7. The molecule has 14 heavy (non-hydrogen) atoms. The third-order valence-electron chi connectivity index (χ3n) is 2.53. The Kier molecular flexibility index (Phi) is 11.1. The molecule has 0 rings (SSSR count). The number of allylic oxidation sites excluding steroid dienone is 1. The molecule has 0 heterocycles. The minimum absolute atomic E-state index is 0.424. The molecule has 0 aliphatic carbocycles. The highest BCUT2D eigenvalue weighted by Crippen LogP contribution is 2.15. The van der Waals surface area contributed by atoms with Gasteiger partial charge in [0.15, 0.2) is 0 Å². The summed E-state index contributed by atoms with van der Waals surface area (Å²) < 4.78 is 0. The third kappa shape index (κ3) is 10.1. The van der Waals surface area contributed by atoms with Gasteiger partial charge in [0.25, 0.3) is 0 Å². The molecule has 0 nitrogen and oxygen atoms in total. The van der Waals surface area contributed by atoms with Gasteiger partial charge in [-0.2, -0.15) is 0 Å². The van der Waals surface area contributed by atoms with Crippen LogP contribution in [0.3, 0.4) is 0 Å². The van der Waals surface area contributed by atoms with Gasteiger partial charge in [-0.3, -0.25) is 0 Å². The van der Waals surface area contributed by atoms with Crippen molar-refractivity contribution in [3.63, 3.8) is 0 Å². The molecular formula is C13H25Cl. The Hall–Kier alpha value is 0.0300. The molecule has 0 aliphatic rings. The van der Waals surface area contributed by atoms with Crippen LogP contribution in [0.2, 0.25) is 0 Å². The standard InChI is InChI=1S/C13H25Cl/c1-3-5-6-7-8-9-10-12-13(14)11-4-2/h3,13H,1,4-12H2,2H3. The number of hydrogen-bond acceptors (Lipinski definition) is 0. The van der Waals surface area contributed by atoms with Gasteiger partial charge in [0.2, 0.25) is 0 Å². The number of unbranched alkanes of at least 4 members (excludes halogenated alkanes) is 5. The zero-order valence-corrected chi connectivity index (χ0v) is 10.4. The van der Waals surface area contributed by atoms with Crippen LogP contribution in [0.15, 0.2) is 12.7 Å². The van der Waals surface area contributed by atoms with Crippen molar-refractivity contribution in [2.24, 2.45) is 0 Å². The second kappa shape index (κ2) is 11.1. The van der Waals surface area contributed by atoms with E-state index in [0.717, 1.165) is 0 Å². The molecule has 1 heteroatoms. The molecule has 0 aromatic heterocycles. The summed E-state index contributed by atoms with van der Waals surface area (Å²) in [5, 5.41) is 0.424. The lowest BCUT2D eigenvalue weighted by Crippen LogP contribution is -1.96. The van der Waals surface area contributed by atoms with Crippen LogP contribution >= 0.6 is 11.6 Å². The van der Waals surface area contributed by atoms with Gasteiger partial charge in [-0.1, -0.05) is 45.1 Å². The maximum atomic E-state index is 6.13. The SMILES string of the molecule is C=CCCCCCCCC(Cl)CCC. The Bertz CT molecular complexity index is 120. The monoisotopic (exact) mass is 216 g/mol. The Morgan fingerprint density at radius 1 is 1.07 bits per heavy atom. The van der Waals surface area contributed by atoms with Crippen LogP contribution in [0.25, 0.3) is 0 Å². The van der Waals surface area contributed by atoms with E-state index in [1.165, 1.54) is 57.8 Å². The van der Waals surface area contributed by atoms with Crippen molar-refractivity contribution in [1.29, 1.82) is 0 Å². The van der Waals surface area contributed by atoms with Crippen molar-refractivity contribution in [3.05, 3.63) is 12.7 Å². The number of rotatable bonds is 10. The van der Waals surface area contributed by atoms with E-state index >= 15 is 0 Å². The van der Waals surface area contributed by atoms with E-state index in [4.69, 9.17) is 11.6 Å². The molecule has 0 bridgehead atoms. The summed E-state index contributed by atoms with van der Waals surface area (Å²) in [4.78, 5) is 0. The molecule has 0 radical (unpaired) electrons. The van der Waals surface area contributed by atoms with Gasteiger partial charge in [0, 0.05) is 5.38 Å². The Labute approximate surface area is 94.7 Å². The highest BCUT2D eigenvalue weighted by Gasteiger charge is 2.01. The Morgan fingerprint density at radius 2 is 1.71 bits per heavy atom. The average molecular weight is 217 g/mol. The van der Waals surface area contributed by atoms with Crippen molar-refractivity contribution in [2.45, 2.75) is 70.1 Å². The molecule has 1 atom stereocenters. The van der Waals surface area contributed by atoms with Crippen molar-refractivity contribution in [2.75, 3.05) is 0 Å². The topological polar surface area (TPSA) is 0 Å². The van der Waals surface area contributed by atoms with Gasteiger partial charge in [-0.15, -0.1) is 18.2 Å². The van der Waals surface area contributed by atoms with E-state index in [9.17, 15) is 0 Å². The first-order chi connectivity index (χ1) is 6.81. The molecule has 0 aliphatic heterocycles. The number of hydrogen-bond donors (Lipinski definition) is 0. The van der Waals surface area contributed by atoms with E-state index in [2.05, 4.69) is 13.5 Å². The number of halogens is 1. The van der Waals surface area contributed by atoms with Crippen LogP contribution in [-0.4, -0.2) is 5.38 Å². The first-order valence-corrected chi connectivity index (χ1v) is 6.49. The average Bonchev–Trinajstić information content (AvgIpc) is 2.17. The molecule has 0 fully saturated rings. The smallest absolute Gasteiger partial charge is 0.0336 e. The van der Waals surface area contributed by atoms with Crippen molar-refractivity contribution in [1.82, 2.24) is 0 Å². The van der Waals surface area contributed by atoms with E-state index < -0.39 is 0 Å². The maximum absolute atomic E-state index is 6.13. The molecule has 0 amide bonds. The van der Waals surface area contributed by atoms with Crippen molar-refractivity contribution in [3.8, 4) is 0 Å². The van der Waals surface area contributed by atoms with Crippen LogP contribution in [0.4, 0.5) is 0 Å². The van der Waals surface area contributed by atoms with E-state index in [1.54, 1.807) is 0 Å². The number of alkyl halides is 1. The molecule has 1 unspecified atom stereocenters. The fraction of sp³-hybridized carbons (Fsp3) is 0.846. The molecule has 0 spiro atoms. The first kappa shape index (κ1) is 14.0. The Balaban J connectivity index is 3.01. The lowest BCUT2D eigenvalue weighted by Gasteiger charge is -2.06. The van der Waals surface area contributed by atoms with Gasteiger partial charge < -0.3 is 0 Å². The Morgan fingerprint density at radius 3 is 2.36 bits per heavy atom. The second-order valence-corrected chi connectivity index (χ2v) is 4.64. The third-order valence-corrected chi connectivity index (χ3v) is 2.96. The van der Waals surface area contributed by atoms with Gasteiger partial charge in [-0.05, 0) is 25.7 Å². The highest BCUT2D eigenvalue weighted by molar-refractivity contribution is 6.20. The first-order valence-electron chi connectivity index (χ1n) is 6.06. The van der Waals surface area contributed by atoms with Crippen LogP contribution in [0.5, 0.6) is 0 Å². The summed E-state index contributed by atoms with van der Waals surface area (Å²) >= 11 is 6.13. The second-order valence-electron chi connectivity index (χ2n) is 4.02. The van der Waals surface area contributed by atoms with Gasteiger partial charge in [-0.25, -0.2) is 0 Å². The van der Waals surface area contributed by atoms with E-state index in [-0.39, 0.29) is 0 Å². The van der Waals surface area contributed by atoms with Crippen LogP contribution < -0.4 is 0 Å². The van der Waals surface area contributed by atoms with E-state index in [1.807, 2.05) is 6.08 Å². The van der Waals surface area contributed by atoms with Crippen LogP contribution in [-0.2, 0) is 0 Å². The molecule has 0 saturated heterocycles. The van der Waals surface area contributed by atoms with Gasteiger partial charge in [0.05, 0.1) is 0 Å². The quantitative estimate of drug-likeness (QED) is 0.264. The lowest BCUT2D eigenvalue weighted by molar-refractivity contribution is 0.571. The predicted molar refractivity (Wildman–Crippen MR) is 67.1 cm³/mol. The highest BCUT2D eigenvalue weighted by atomic mass is 35.5. The minimum atomic E-state index is 0.424. The van der Waals surface area contributed by atoms with Gasteiger partial charge in [0.1, 0.15) is 0 Å². The maximum Gasteiger partial charge on any atom is 0.0336 e. The summed E-state index contributed by atoms with van der Waals surface area (Å²) in [5.41, 5.74) is 0. The van der Waals surface area contributed by atoms with Crippen molar-refractivity contribution >= 4 is 11.6 Å². The van der Waals surface area contributed by atoms with Gasteiger partial charge >= 0.3 is 0 Å². The summed E-state index contributed by atoms with van der Waals surface area (Å²) in [5.74, 6) is 0. The molecule has 0 aromatic rings. The summed E-state index contributed by atoms with van der Waals surface area (Å²) in [6.07, 6.45) is 13.5. The van der Waals surface area contributed by atoms with Crippen LogP contribution in [0, 0.1) is 0 Å². The zero-order valence-electron chi connectivity index (χ0n) is 9.60. The molecule has 84 valence electrons. The summed E-state index contributed by atoms with van der Waals surface area (Å²) in [6.45, 7) is 5.92. The predicted octanol–water partition coefficient (Wildman–Crippen LogP) is 5.31. The summed E-state index contributed by atoms with van der Waals surface area (Å²) in [7, 11) is 0. The summed E-state index contributed by atoms with van der Waals surface area (Å²) in [6, 6.07) is 0.